The minimum absolute atomic E-state index is 0.222. The van der Waals surface area contributed by atoms with Gasteiger partial charge in [-0.3, -0.25) is 9.98 Å². The molecule has 1 aromatic heterocycles. The van der Waals surface area contributed by atoms with Gasteiger partial charge >= 0.3 is 0 Å². The van der Waals surface area contributed by atoms with Gasteiger partial charge < -0.3 is 0 Å². The van der Waals surface area contributed by atoms with Gasteiger partial charge in [0.25, 0.3) is 0 Å². The Morgan fingerprint density at radius 2 is 1.81 bits per heavy atom. The summed E-state index contributed by atoms with van der Waals surface area (Å²) in [5.41, 5.74) is 6.24. The maximum atomic E-state index is 13.7. The third kappa shape index (κ3) is 3.47. The van der Waals surface area contributed by atoms with E-state index in [9.17, 15) is 4.39 Å². The molecule has 0 saturated heterocycles. The van der Waals surface area contributed by atoms with E-state index >= 15 is 0 Å². The third-order valence-corrected chi connectivity index (χ3v) is 4.54. The highest BCUT2D eigenvalue weighted by molar-refractivity contribution is 6.15. The molecule has 0 amide bonds. The lowest BCUT2D eigenvalue weighted by Gasteiger charge is -2.17. The first-order valence-electron chi connectivity index (χ1n) is 8.82. The molecule has 0 spiro atoms. The smallest absolute Gasteiger partial charge is 0.123 e. The molecule has 2 heterocycles. The number of aliphatic imine (C=N–C) groups is 1. The van der Waals surface area contributed by atoms with Crippen LogP contribution < -0.4 is 0 Å². The predicted octanol–water partition coefficient (Wildman–Crippen LogP) is 5.55. The van der Waals surface area contributed by atoms with E-state index in [1.165, 1.54) is 11.6 Å². The van der Waals surface area contributed by atoms with Crippen LogP contribution in [-0.2, 0) is 0 Å². The fraction of sp³-hybridized carbons (Fsp3) is 0.130. The minimum Gasteiger partial charge on any atom is -0.284 e. The minimum atomic E-state index is -0.222. The molecule has 26 heavy (non-hydrogen) atoms. The zero-order valence-electron chi connectivity index (χ0n) is 14.4. The van der Waals surface area contributed by atoms with Gasteiger partial charge in [-0.1, -0.05) is 36.4 Å². The predicted molar refractivity (Wildman–Crippen MR) is 105 cm³/mol. The van der Waals surface area contributed by atoms with Gasteiger partial charge in [-0.25, -0.2) is 4.39 Å². The average molecular weight is 342 g/mol. The van der Waals surface area contributed by atoms with Gasteiger partial charge in [-0.05, 0) is 65.4 Å². The second-order valence-electron chi connectivity index (χ2n) is 6.34. The van der Waals surface area contributed by atoms with E-state index in [1.54, 1.807) is 18.3 Å². The summed E-state index contributed by atoms with van der Waals surface area (Å²) in [6, 6.07) is 18.8. The van der Waals surface area contributed by atoms with E-state index in [-0.39, 0.29) is 5.82 Å². The number of allylic oxidation sites excluding steroid dienone is 1. The summed E-state index contributed by atoms with van der Waals surface area (Å²) >= 11 is 0. The first-order valence-corrected chi connectivity index (χ1v) is 8.82. The van der Waals surface area contributed by atoms with Crippen molar-refractivity contribution < 1.29 is 4.39 Å². The second kappa shape index (κ2) is 7.44. The quantitative estimate of drug-likeness (QED) is 0.612. The van der Waals surface area contributed by atoms with Crippen LogP contribution in [0, 0.1) is 5.82 Å². The first-order chi connectivity index (χ1) is 12.8. The summed E-state index contributed by atoms with van der Waals surface area (Å²) in [6.07, 6.45) is 7.83. The molecular weight excluding hydrogens is 323 g/mol. The van der Waals surface area contributed by atoms with Crippen LogP contribution in [0.4, 0.5) is 4.39 Å². The Morgan fingerprint density at radius 1 is 0.923 bits per heavy atom. The Balaban J connectivity index is 1.79. The van der Waals surface area contributed by atoms with Crippen LogP contribution >= 0.6 is 0 Å². The monoisotopic (exact) mass is 342 g/mol. The SMILES string of the molecule is Fc1cccc(-c2ccccc2/C=C2\CCCN=C2c2cccnc2)c1. The fourth-order valence-corrected chi connectivity index (χ4v) is 3.33. The van der Waals surface area contributed by atoms with Gasteiger partial charge in [-0.15, -0.1) is 0 Å². The van der Waals surface area contributed by atoms with Crippen molar-refractivity contribution in [1.82, 2.24) is 4.98 Å². The summed E-state index contributed by atoms with van der Waals surface area (Å²) in [7, 11) is 0. The molecule has 0 bridgehead atoms. The van der Waals surface area contributed by atoms with Gasteiger partial charge in [0, 0.05) is 24.5 Å². The molecule has 1 aliphatic heterocycles. The van der Waals surface area contributed by atoms with Gasteiger partial charge in [0.15, 0.2) is 0 Å². The number of halogens is 1. The number of hydrogen-bond donors (Lipinski definition) is 0. The summed E-state index contributed by atoms with van der Waals surface area (Å²) in [6.45, 7) is 0.840. The lowest BCUT2D eigenvalue weighted by atomic mass is 9.92. The van der Waals surface area contributed by atoms with E-state index in [2.05, 4.69) is 17.1 Å². The van der Waals surface area contributed by atoms with E-state index in [0.717, 1.165) is 47.4 Å². The van der Waals surface area contributed by atoms with Crippen LogP contribution in [0.2, 0.25) is 0 Å². The van der Waals surface area contributed by atoms with Crippen molar-refractivity contribution in [2.24, 2.45) is 4.99 Å². The van der Waals surface area contributed by atoms with Crippen molar-refractivity contribution in [3.63, 3.8) is 0 Å². The molecule has 0 atom stereocenters. The molecule has 0 radical (unpaired) electrons. The number of rotatable bonds is 3. The summed E-state index contributed by atoms with van der Waals surface area (Å²) in [5, 5.41) is 0. The van der Waals surface area contributed by atoms with Gasteiger partial charge in [0.1, 0.15) is 5.82 Å². The lowest BCUT2D eigenvalue weighted by Crippen LogP contribution is -2.12. The van der Waals surface area contributed by atoms with Crippen molar-refractivity contribution in [3.05, 3.63) is 95.6 Å². The maximum absolute atomic E-state index is 13.7. The summed E-state index contributed by atoms with van der Waals surface area (Å²) < 4.78 is 13.7. The largest absolute Gasteiger partial charge is 0.284 e. The standard InChI is InChI=1S/C23H19FN2/c24-21-10-3-7-18(15-21)22-11-2-1-6-17(22)14-19-8-5-13-26-23(19)20-9-4-12-25-16-20/h1-4,6-7,9-12,14-16H,5,8,13H2/b19-14+. The Hall–Kier alpha value is -3.07. The molecule has 4 rings (SSSR count). The summed E-state index contributed by atoms with van der Waals surface area (Å²) in [4.78, 5) is 8.97. The topological polar surface area (TPSA) is 25.2 Å². The maximum Gasteiger partial charge on any atom is 0.123 e. The van der Waals surface area contributed by atoms with Gasteiger partial charge in [0.2, 0.25) is 0 Å². The van der Waals surface area contributed by atoms with Crippen molar-refractivity contribution in [2.75, 3.05) is 6.54 Å². The van der Waals surface area contributed by atoms with E-state index in [0.29, 0.717) is 0 Å². The van der Waals surface area contributed by atoms with Crippen LogP contribution in [0.3, 0.4) is 0 Å². The number of nitrogens with zero attached hydrogens (tertiary/aromatic N) is 2. The van der Waals surface area contributed by atoms with Crippen molar-refractivity contribution >= 4 is 11.8 Å². The molecule has 2 aromatic carbocycles. The molecule has 0 saturated carbocycles. The molecule has 1 aliphatic rings. The Kier molecular flexibility index (Phi) is 4.69. The fourth-order valence-electron chi connectivity index (χ4n) is 3.33. The Morgan fingerprint density at radius 3 is 2.65 bits per heavy atom. The second-order valence-corrected chi connectivity index (χ2v) is 6.34. The normalized spacial score (nSPS) is 15.7. The zero-order chi connectivity index (χ0) is 17.8. The van der Waals surface area contributed by atoms with Crippen LogP contribution in [0.15, 0.2) is 83.6 Å². The molecule has 0 N–H and O–H groups in total. The number of pyridine rings is 1. The number of aromatic nitrogens is 1. The molecule has 0 fully saturated rings. The van der Waals surface area contributed by atoms with E-state index in [4.69, 9.17) is 4.99 Å². The Labute approximate surface area is 152 Å². The van der Waals surface area contributed by atoms with Crippen LogP contribution in [0.5, 0.6) is 0 Å². The molecule has 3 heteroatoms. The molecule has 2 nitrogen and oxygen atoms in total. The van der Waals surface area contributed by atoms with Crippen molar-refractivity contribution in [2.45, 2.75) is 12.8 Å². The highest BCUT2D eigenvalue weighted by atomic mass is 19.1. The Bertz CT molecular complexity index is 974. The third-order valence-electron chi connectivity index (χ3n) is 4.54. The highest BCUT2D eigenvalue weighted by Crippen LogP contribution is 2.29. The van der Waals surface area contributed by atoms with Crippen molar-refractivity contribution in [1.29, 1.82) is 0 Å². The van der Waals surface area contributed by atoms with E-state index < -0.39 is 0 Å². The number of benzene rings is 2. The van der Waals surface area contributed by atoms with Gasteiger partial charge in [-0.2, -0.15) is 0 Å². The van der Waals surface area contributed by atoms with Gasteiger partial charge in [0.05, 0.1) is 5.71 Å². The average Bonchev–Trinajstić information content (AvgIpc) is 2.69. The summed E-state index contributed by atoms with van der Waals surface area (Å²) in [5.74, 6) is -0.222. The molecule has 0 aliphatic carbocycles. The highest BCUT2D eigenvalue weighted by Gasteiger charge is 2.15. The molecule has 128 valence electrons. The van der Waals surface area contributed by atoms with Crippen LogP contribution in [-0.4, -0.2) is 17.2 Å². The van der Waals surface area contributed by atoms with Crippen LogP contribution in [0.1, 0.15) is 24.0 Å². The first kappa shape index (κ1) is 16.4. The molecule has 3 aromatic rings. The van der Waals surface area contributed by atoms with Crippen LogP contribution in [0.25, 0.3) is 17.2 Å². The van der Waals surface area contributed by atoms with E-state index in [1.807, 2.05) is 42.6 Å². The lowest BCUT2D eigenvalue weighted by molar-refractivity contribution is 0.628. The molecular formula is C23H19FN2. The van der Waals surface area contributed by atoms with Crippen molar-refractivity contribution in [3.8, 4) is 11.1 Å². The molecule has 0 unspecified atom stereocenters. The zero-order valence-corrected chi connectivity index (χ0v) is 14.4. The number of hydrogen-bond acceptors (Lipinski definition) is 2.